The molecule has 4 heteroatoms. The number of benzene rings is 1. The number of thioether (sulfide) groups is 1. The van der Waals surface area contributed by atoms with Gasteiger partial charge in [0.2, 0.25) is 5.91 Å². The smallest absolute Gasteiger partial charge is 0.224 e. The van der Waals surface area contributed by atoms with Gasteiger partial charge in [0.1, 0.15) is 5.75 Å². The Bertz CT molecular complexity index is 355. The minimum atomic E-state index is -0.0527. The lowest BCUT2D eigenvalue weighted by atomic mass is 10.1. The number of hydrogen-bond acceptors (Lipinski definition) is 3. The molecule has 0 spiro atoms. The van der Waals surface area contributed by atoms with E-state index in [0.717, 1.165) is 5.75 Å². The van der Waals surface area contributed by atoms with Gasteiger partial charge in [-0.3, -0.25) is 4.79 Å². The molecule has 0 aliphatic carbocycles. The molecular weight excluding hydrogens is 222 g/mol. The van der Waals surface area contributed by atoms with Crippen molar-refractivity contribution in [3.63, 3.8) is 0 Å². The predicted molar refractivity (Wildman–Crippen MR) is 67.8 cm³/mol. The largest absolute Gasteiger partial charge is 0.508 e. The van der Waals surface area contributed by atoms with Crippen molar-refractivity contribution in [2.45, 2.75) is 19.4 Å². The summed E-state index contributed by atoms with van der Waals surface area (Å²) in [4.78, 5) is 11.6. The highest BCUT2D eigenvalue weighted by molar-refractivity contribution is 7.98. The molecule has 0 heterocycles. The van der Waals surface area contributed by atoms with Crippen LogP contribution in [-0.2, 0) is 11.2 Å². The summed E-state index contributed by atoms with van der Waals surface area (Å²) in [5, 5.41) is 12.4. The number of hydrogen-bond donors (Lipinski definition) is 2. The average molecular weight is 239 g/mol. The van der Waals surface area contributed by atoms with Crippen LogP contribution in [0.2, 0.25) is 0 Å². The summed E-state index contributed by atoms with van der Waals surface area (Å²) in [5.74, 6) is 1.02. The molecule has 1 unspecified atom stereocenters. The molecule has 1 atom stereocenters. The minimum absolute atomic E-state index is 0.0527. The van der Waals surface area contributed by atoms with Crippen molar-refractivity contribution in [3.8, 4) is 5.75 Å². The second-order valence-corrected chi connectivity index (χ2v) is 4.64. The third kappa shape index (κ3) is 4.14. The third-order valence-corrected chi connectivity index (χ3v) is 3.00. The summed E-state index contributed by atoms with van der Waals surface area (Å²) in [6.45, 7) is 1.97. The fourth-order valence-corrected chi connectivity index (χ4v) is 2.03. The van der Waals surface area contributed by atoms with Crippen LogP contribution in [0.4, 0.5) is 0 Å². The van der Waals surface area contributed by atoms with Crippen molar-refractivity contribution in [1.82, 2.24) is 5.32 Å². The summed E-state index contributed by atoms with van der Waals surface area (Å²) >= 11 is 1.70. The molecule has 0 aliphatic rings. The van der Waals surface area contributed by atoms with Crippen LogP contribution in [0.25, 0.3) is 0 Å². The van der Waals surface area contributed by atoms with Crippen LogP contribution in [0.15, 0.2) is 24.3 Å². The molecule has 2 N–H and O–H groups in total. The zero-order valence-electron chi connectivity index (χ0n) is 9.56. The monoisotopic (exact) mass is 239 g/mol. The first-order valence-electron chi connectivity index (χ1n) is 5.18. The van der Waals surface area contributed by atoms with Crippen LogP contribution in [0.3, 0.4) is 0 Å². The topological polar surface area (TPSA) is 49.3 Å². The summed E-state index contributed by atoms with van der Waals surface area (Å²) in [7, 11) is 0. The van der Waals surface area contributed by atoms with Gasteiger partial charge in [0.25, 0.3) is 0 Å². The van der Waals surface area contributed by atoms with Crippen LogP contribution in [0.1, 0.15) is 12.5 Å². The van der Waals surface area contributed by atoms with E-state index in [2.05, 4.69) is 5.32 Å². The maximum atomic E-state index is 11.6. The molecule has 1 aromatic rings. The van der Waals surface area contributed by atoms with Crippen LogP contribution < -0.4 is 5.32 Å². The Hall–Kier alpha value is -1.16. The Labute approximate surface area is 100 Å². The lowest BCUT2D eigenvalue weighted by molar-refractivity contribution is -0.120. The van der Waals surface area contributed by atoms with Gasteiger partial charge in [-0.15, -0.1) is 0 Å². The number of carbonyl (C=O) groups is 1. The molecule has 88 valence electrons. The number of rotatable bonds is 5. The normalized spacial score (nSPS) is 12.1. The van der Waals surface area contributed by atoms with Crippen molar-refractivity contribution in [3.05, 3.63) is 29.8 Å². The van der Waals surface area contributed by atoms with Crippen LogP contribution in [0, 0.1) is 0 Å². The molecule has 1 aromatic carbocycles. The molecule has 0 aromatic heterocycles. The van der Waals surface area contributed by atoms with Gasteiger partial charge in [0.05, 0.1) is 6.42 Å². The van der Waals surface area contributed by atoms with E-state index in [-0.39, 0.29) is 24.1 Å². The van der Waals surface area contributed by atoms with Crippen molar-refractivity contribution >= 4 is 17.7 Å². The van der Waals surface area contributed by atoms with Crippen molar-refractivity contribution < 1.29 is 9.90 Å². The van der Waals surface area contributed by atoms with E-state index in [1.54, 1.807) is 30.0 Å². The van der Waals surface area contributed by atoms with Crippen molar-refractivity contribution in [2.24, 2.45) is 0 Å². The number of phenols is 1. The molecule has 1 rings (SSSR count). The molecule has 1 amide bonds. The second-order valence-electron chi connectivity index (χ2n) is 3.73. The van der Waals surface area contributed by atoms with Gasteiger partial charge in [-0.1, -0.05) is 18.2 Å². The maximum Gasteiger partial charge on any atom is 0.224 e. The molecule has 3 nitrogen and oxygen atoms in total. The van der Waals surface area contributed by atoms with E-state index < -0.39 is 0 Å². The van der Waals surface area contributed by atoms with E-state index in [0.29, 0.717) is 5.56 Å². The molecule has 0 bridgehead atoms. The molecule has 16 heavy (non-hydrogen) atoms. The van der Waals surface area contributed by atoms with E-state index in [4.69, 9.17) is 0 Å². The van der Waals surface area contributed by atoms with Gasteiger partial charge in [0.15, 0.2) is 0 Å². The van der Waals surface area contributed by atoms with E-state index >= 15 is 0 Å². The van der Waals surface area contributed by atoms with Crippen molar-refractivity contribution in [1.29, 1.82) is 0 Å². The van der Waals surface area contributed by atoms with Gasteiger partial charge >= 0.3 is 0 Å². The first kappa shape index (κ1) is 12.9. The lowest BCUT2D eigenvalue weighted by Gasteiger charge is -2.12. The van der Waals surface area contributed by atoms with E-state index in [9.17, 15) is 9.90 Å². The van der Waals surface area contributed by atoms with E-state index in [1.165, 1.54) is 0 Å². The maximum absolute atomic E-state index is 11.6. The predicted octanol–water partition coefficient (Wildman–Crippen LogP) is 1.80. The number of nitrogens with one attached hydrogen (secondary N) is 1. The van der Waals surface area contributed by atoms with Gasteiger partial charge < -0.3 is 10.4 Å². The fraction of sp³-hybridized carbons (Fsp3) is 0.417. The number of aromatic hydroxyl groups is 1. The van der Waals surface area contributed by atoms with Crippen LogP contribution >= 0.6 is 11.8 Å². The van der Waals surface area contributed by atoms with Gasteiger partial charge in [-0.25, -0.2) is 0 Å². The third-order valence-electron chi connectivity index (χ3n) is 2.17. The summed E-state index contributed by atoms with van der Waals surface area (Å²) in [6.07, 6.45) is 2.23. The lowest BCUT2D eigenvalue weighted by Crippen LogP contribution is -2.35. The van der Waals surface area contributed by atoms with Crippen LogP contribution in [-0.4, -0.2) is 29.1 Å². The molecule has 0 fully saturated rings. The Morgan fingerprint density at radius 1 is 1.50 bits per heavy atom. The quantitative estimate of drug-likeness (QED) is 0.824. The number of amides is 1. The molecule has 0 aliphatic heterocycles. The first-order valence-corrected chi connectivity index (χ1v) is 6.58. The number of carbonyl (C=O) groups excluding carboxylic acids is 1. The summed E-state index contributed by atoms with van der Waals surface area (Å²) < 4.78 is 0. The number of para-hydroxylation sites is 1. The highest BCUT2D eigenvalue weighted by atomic mass is 32.2. The zero-order chi connectivity index (χ0) is 12.0. The van der Waals surface area contributed by atoms with E-state index in [1.807, 2.05) is 19.2 Å². The molecular formula is C12H17NO2S. The Kier molecular flexibility index (Phi) is 5.19. The fourth-order valence-electron chi connectivity index (χ4n) is 1.45. The standard InChI is InChI=1S/C12H17NO2S/c1-9(8-16-2)13-12(15)7-10-5-3-4-6-11(10)14/h3-6,9,14H,7-8H2,1-2H3,(H,13,15). The van der Waals surface area contributed by atoms with Crippen molar-refractivity contribution in [2.75, 3.05) is 12.0 Å². The van der Waals surface area contributed by atoms with Gasteiger partial charge in [-0.05, 0) is 19.2 Å². The van der Waals surface area contributed by atoms with Gasteiger partial charge in [-0.2, -0.15) is 11.8 Å². The SMILES string of the molecule is CSCC(C)NC(=O)Cc1ccccc1O. The summed E-state index contributed by atoms with van der Waals surface area (Å²) in [6, 6.07) is 7.07. The Balaban J connectivity index is 2.49. The summed E-state index contributed by atoms with van der Waals surface area (Å²) in [5.41, 5.74) is 0.663. The average Bonchev–Trinajstić information content (AvgIpc) is 2.21. The molecule has 0 saturated heterocycles. The Morgan fingerprint density at radius 2 is 2.19 bits per heavy atom. The minimum Gasteiger partial charge on any atom is -0.508 e. The Morgan fingerprint density at radius 3 is 2.81 bits per heavy atom. The first-order chi connectivity index (χ1) is 7.63. The van der Waals surface area contributed by atoms with Gasteiger partial charge in [0, 0.05) is 17.4 Å². The number of phenolic OH excluding ortho intramolecular Hbond substituents is 1. The second kappa shape index (κ2) is 6.43. The highest BCUT2D eigenvalue weighted by Crippen LogP contribution is 2.15. The zero-order valence-corrected chi connectivity index (χ0v) is 10.4. The molecule has 0 saturated carbocycles. The van der Waals surface area contributed by atoms with Crippen LogP contribution in [0.5, 0.6) is 5.75 Å². The molecule has 0 radical (unpaired) electrons. The highest BCUT2D eigenvalue weighted by Gasteiger charge is 2.09.